The summed E-state index contributed by atoms with van der Waals surface area (Å²) in [6.07, 6.45) is 24.5. The van der Waals surface area contributed by atoms with E-state index in [2.05, 4.69) is 90.6 Å². The van der Waals surface area contributed by atoms with Gasteiger partial charge in [0.15, 0.2) is 29.1 Å². The number of hydrogen-bond donors (Lipinski definition) is 4. The van der Waals surface area contributed by atoms with Crippen molar-refractivity contribution in [3.8, 4) is 46.2 Å². The molecule has 103 heavy (non-hydrogen) atoms. The monoisotopic (exact) mass is 1470 g/mol. The summed E-state index contributed by atoms with van der Waals surface area (Å²) in [4.78, 5) is 62.4. The number of benzene rings is 4. The van der Waals surface area contributed by atoms with Crippen molar-refractivity contribution in [2.75, 3.05) is 19.8 Å². The van der Waals surface area contributed by atoms with Crippen LogP contribution in [0.25, 0.3) is 89.8 Å². The third-order valence-electron chi connectivity index (χ3n) is 18.0. The highest BCUT2D eigenvalue weighted by Gasteiger charge is 2.31. The number of aromatic amines is 4. The Morgan fingerprint density at radius 2 is 0.971 bits per heavy atom. The van der Waals surface area contributed by atoms with E-state index in [1.807, 2.05) is 149 Å². The number of para-hydroxylation sites is 4. The summed E-state index contributed by atoms with van der Waals surface area (Å²) in [5.74, 6) is 3.44. The fourth-order valence-electron chi connectivity index (χ4n) is 12.5. The smallest absolute Gasteiger partial charge is 0.280 e. The first-order chi connectivity index (χ1) is 49.7. The highest BCUT2D eigenvalue weighted by atomic mass is 79.9. The molecule has 4 aromatic carbocycles. The summed E-state index contributed by atoms with van der Waals surface area (Å²) < 4.78 is 30.6. The van der Waals surface area contributed by atoms with E-state index < -0.39 is 0 Å². The summed E-state index contributed by atoms with van der Waals surface area (Å²) in [6.45, 7) is 2.39. The molecule has 2 atom stereocenters. The zero-order valence-corrected chi connectivity index (χ0v) is 57.9. The van der Waals surface area contributed by atoms with Crippen molar-refractivity contribution in [2.24, 2.45) is 0 Å². The van der Waals surface area contributed by atoms with E-state index in [1.165, 1.54) is 30.4 Å². The second-order valence-electron chi connectivity index (χ2n) is 25.2. The molecule has 20 rings (SSSR count). The van der Waals surface area contributed by atoms with Crippen molar-refractivity contribution in [3.63, 3.8) is 0 Å². The molecular weight excluding hydrogens is 1400 g/mol. The second-order valence-corrected chi connectivity index (χ2v) is 26.1. The van der Waals surface area contributed by atoms with Gasteiger partial charge in [-0.05, 0) is 197 Å². The van der Waals surface area contributed by atoms with Crippen LogP contribution in [0.5, 0.6) is 0 Å². The van der Waals surface area contributed by atoms with Crippen LogP contribution in [0.3, 0.4) is 0 Å². The predicted octanol–water partition coefficient (Wildman–Crippen LogP) is 13.5. The Balaban J connectivity index is 0.000000116. The number of allylic oxidation sites excluding steroid dienone is 1. The van der Waals surface area contributed by atoms with Gasteiger partial charge in [0, 0.05) is 31.3 Å². The van der Waals surface area contributed by atoms with E-state index in [1.54, 1.807) is 48.1 Å². The topological polar surface area (TPSA) is 310 Å². The van der Waals surface area contributed by atoms with Gasteiger partial charge < -0.3 is 27.9 Å². The first-order valence-electron chi connectivity index (χ1n) is 34.2. The number of fused-ring (bicyclic) bond motifs is 4. The molecule has 3 aliphatic carbocycles. The zero-order chi connectivity index (χ0) is 68.6. The van der Waals surface area contributed by atoms with Crippen molar-refractivity contribution < 1.29 is 14.2 Å². The molecule has 2 saturated heterocycles. The summed E-state index contributed by atoms with van der Waals surface area (Å²) in [5.41, 5.74) is 5.43. The molecule has 13 heterocycles. The van der Waals surface area contributed by atoms with Crippen molar-refractivity contribution in [3.05, 3.63) is 229 Å². The predicted molar refractivity (Wildman–Crippen MR) is 398 cm³/mol. The highest BCUT2D eigenvalue weighted by Crippen LogP contribution is 2.40. The van der Waals surface area contributed by atoms with Crippen molar-refractivity contribution in [2.45, 2.75) is 128 Å². The highest BCUT2D eigenvalue weighted by molar-refractivity contribution is 9.10. The number of H-pyrrole nitrogens is 4. The lowest BCUT2D eigenvalue weighted by Crippen LogP contribution is -2.28. The maximum atomic E-state index is 13.4. The van der Waals surface area contributed by atoms with Crippen LogP contribution >= 0.6 is 28.3 Å². The first kappa shape index (κ1) is 70.5. The molecule has 530 valence electrons. The average molecular weight is 1470 g/mol. The zero-order valence-electron chi connectivity index (χ0n) is 55.5. The number of halogens is 2. The van der Waals surface area contributed by atoms with E-state index in [4.69, 9.17) is 19.2 Å². The quantitative estimate of drug-likeness (QED) is 0.0925. The Labute approximate surface area is 604 Å². The lowest BCUT2D eigenvalue weighted by atomic mass is 10.2. The van der Waals surface area contributed by atoms with Gasteiger partial charge in [0.1, 0.15) is 53.1 Å². The van der Waals surface area contributed by atoms with Gasteiger partial charge >= 0.3 is 0 Å². The minimum atomic E-state index is -0.188. The molecule has 6 aliphatic rings. The van der Waals surface area contributed by atoms with Crippen molar-refractivity contribution >= 4 is 71.9 Å². The van der Waals surface area contributed by atoms with Crippen LogP contribution in [0.15, 0.2) is 207 Å². The van der Waals surface area contributed by atoms with E-state index >= 15 is 0 Å². The number of ether oxygens (including phenoxy) is 3. The molecule has 0 spiro atoms. The van der Waals surface area contributed by atoms with Crippen LogP contribution in [0, 0.1) is 0 Å². The molecule has 0 bridgehead atoms. The molecule has 4 N–H and O–H groups in total. The molecule has 14 aromatic rings. The molecule has 10 aromatic heterocycles. The van der Waals surface area contributed by atoms with Gasteiger partial charge in [-0.1, -0.05) is 74.2 Å². The first-order valence-corrected chi connectivity index (χ1v) is 35.0. The molecule has 2 unspecified atom stereocenters. The third kappa shape index (κ3) is 15.9. The molecule has 3 saturated carbocycles. The summed E-state index contributed by atoms with van der Waals surface area (Å²) >= 11 is 3.36. The Hall–Kier alpha value is -10.9. The van der Waals surface area contributed by atoms with Crippen LogP contribution in [-0.4, -0.2) is 118 Å². The van der Waals surface area contributed by atoms with E-state index in [0.717, 1.165) is 133 Å². The number of aromatic nitrogens is 20. The Kier molecular flexibility index (Phi) is 22.2. The molecule has 29 heteroatoms. The molecule has 5 fully saturated rings. The fraction of sp³-hybridized carbons (Fsp3) is 0.311. The number of rotatable bonds is 10. The van der Waals surface area contributed by atoms with Crippen LogP contribution < -0.4 is 22.2 Å². The van der Waals surface area contributed by atoms with Crippen LogP contribution in [-0.2, 0) is 14.2 Å². The van der Waals surface area contributed by atoms with E-state index in [0.29, 0.717) is 63.9 Å². The molecule has 3 aliphatic heterocycles. The lowest BCUT2D eigenvalue weighted by Gasteiger charge is -2.26. The second kappa shape index (κ2) is 32.4. The number of nitrogens with one attached hydrogen (secondary N) is 4. The number of nitrogens with zero attached hydrogens (tertiary/aromatic N) is 16. The lowest BCUT2D eigenvalue weighted by molar-refractivity contribution is -0.0408. The molecular formula is C74H78BrClN20O7. The normalized spacial score (nSPS) is 16.7. The molecule has 0 amide bonds. The minimum absolute atomic E-state index is 0. The fourth-order valence-corrected chi connectivity index (χ4v) is 12.9. The van der Waals surface area contributed by atoms with E-state index in [9.17, 15) is 19.2 Å². The third-order valence-corrected chi connectivity index (χ3v) is 18.5. The van der Waals surface area contributed by atoms with Gasteiger partial charge in [0.2, 0.25) is 0 Å². The summed E-state index contributed by atoms with van der Waals surface area (Å²) in [5, 5.41) is 38.6. The van der Waals surface area contributed by atoms with Gasteiger partial charge in [0.25, 0.3) is 22.2 Å². The van der Waals surface area contributed by atoms with Gasteiger partial charge in [-0.2, -0.15) is 4.68 Å². The number of pyridine rings is 3. The Bertz CT molecular complexity index is 5450. The van der Waals surface area contributed by atoms with Gasteiger partial charge in [-0.15, -0.1) is 43.0 Å². The van der Waals surface area contributed by atoms with Crippen LogP contribution in [0.1, 0.15) is 128 Å². The summed E-state index contributed by atoms with van der Waals surface area (Å²) in [7, 11) is 0. The maximum Gasteiger partial charge on any atom is 0.280 e. The van der Waals surface area contributed by atoms with Crippen LogP contribution in [0.4, 0.5) is 0 Å². The summed E-state index contributed by atoms with van der Waals surface area (Å²) in [6, 6.07) is 48.6. The van der Waals surface area contributed by atoms with Gasteiger partial charge in [-0.3, -0.25) is 44.3 Å². The molecule has 0 radical (unpaired) electrons. The standard InChI is InChI=1S/C22H22N6O2.C17H14N6O.C12H14N2O2.C10H9BrN4.C7H6N2O.C5H8O.CH4.ClH/c29-22-16-6-1-2-8-18(16)27(20-10-3-4-13-30-20)28(22)19-9-5-7-17(24-19)21-25-23-14-26(21)15-11-12-15;24-17-12-4-1-2-5-13(12)21-23(17)15-7-3-6-14(19-15)16-20-18-10-22(16)11-8-9-11;15-12-9-5-1-2-6-10(9)14(13-12)11-7-3-4-8-16-11;11-9-3-1-2-8(13-9)10-14-12-6-15(10)7-4-5-7;10-7-5-3-1-2-4-6(5)8-9-7;1-2-4-6-5-3-1;;/h1-2,5-9,14-15,20H,3-4,10-13H2;1-7,10-11,21H,8-9H2;1-2,5-6,11H,3-4,7-8H2,(H,13,15);1-3,6-7H,4-5H2;1-4H,(H2,8,9,10);2,4H,1,3,5H2;1H4;1H. The maximum absolute atomic E-state index is 13.4. The van der Waals surface area contributed by atoms with E-state index in [-0.39, 0.29) is 54.5 Å². The Morgan fingerprint density at radius 3 is 1.50 bits per heavy atom. The SMILES string of the molecule is Brc1cccc(-c2nncn2C2CC2)n1.C.C1=COCCC1.Cl.O=c1[nH][nH]c2ccccc12.O=c1[nH]n(C2CCCCO2)c2ccccc12.O=c1c2ccccc2[nH]n1-c1cccc(-c2nncn2C2CC2)n1.O=c1c2ccccc2n(C2CCCCO2)n1-c1cccc(-c2nncn2C2CC2)n1. The minimum Gasteiger partial charge on any atom is -0.502 e. The molecule has 27 nitrogen and oxygen atoms in total. The Morgan fingerprint density at radius 1 is 0.447 bits per heavy atom. The van der Waals surface area contributed by atoms with Crippen molar-refractivity contribution in [1.82, 2.24) is 98.4 Å². The van der Waals surface area contributed by atoms with Crippen molar-refractivity contribution in [1.29, 1.82) is 0 Å². The van der Waals surface area contributed by atoms with Gasteiger partial charge in [-0.25, -0.2) is 24.3 Å². The van der Waals surface area contributed by atoms with Crippen LogP contribution in [0.2, 0.25) is 0 Å². The largest absolute Gasteiger partial charge is 0.502 e. The van der Waals surface area contributed by atoms with Gasteiger partial charge in [0.05, 0.1) is 56.5 Å². The number of hydrogen-bond acceptors (Lipinski definition) is 16. The average Bonchev–Trinajstić information content (AvgIpc) is 1.59.